The fraction of sp³-hybridized carbons (Fsp3) is 0.333. The topological polar surface area (TPSA) is 42.4 Å². The van der Waals surface area contributed by atoms with Gasteiger partial charge in [-0.3, -0.25) is 9.78 Å². The minimum absolute atomic E-state index is 0.0677. The predicted molar refractivity (Wildman–Crippen MR) is 73.1 cm³/mol. The highest BCUT2D eigenvalue weighted by atomic mass is 16.5. The summed E-state index contributed by atoms with van der Waals surface area (Å²) in [4.78, 5) is 18.7. The van der Waals surface area contributed by atoms with Crippen LogP contribution in [0.1, 0.15) is 16.8 Å². The molecule has 98 valence electrons. The lowest BCUT2D eigenvalue weighted by Crippen LogP contribution is -2.30. The van der Waals surface area contributed by atoms with E-state index in [-0.39, 0.29) is 12.0 Å². The largest absolute Gasteiger partial charge is 0.380 e. The molecule has 1 atom stereocenters. The minimum atomic E-state index is 0.0677. The molecule has 3 rings (SSSR count). The van der Waals surface area contributed by atoms with Crippen molar-refractivity contribution in [3.05, 3.63) is 42.1 Å². The first-order valence-corrected chi connectivity index (χ1v) is 6.45. The van der Waals surface area contributed by atoms with Gasteiger partial charge in [-0.1, -0.05) is 18.2 Å². The van der Waals surface area contributed by atoms with Gasteiger partial charge in [-0.15, -0.1) is 0 Å². The Labute approximate surface area is 112 Å². The second-order valence-electron chi connectivity index (χ2n) is 4.77. The zero-order valence-electron chi connectivity index (χ0n) is 10.9. The van der Waals surface area contributed by atoms with Gasteiger partial charge in [0, 0.05) is 31.8 Å². The summed E-state index contributed by atoms with van der Waals surface area (Å²) >= 11 is 0. The summed E-state index contributed by atoms with van der Waals surface area (Å²) in [7, 11) is 1.69. The maximum atomic E-state index is 12.6. The number of methoxy groups -OCH3 is 1. The third kappa shape index (κ3) is 2.19. The molecule has 2 aromatic rings. The number of ether oxygens (including phenoxy) is 1. The smallest absolute Gasteiger partial charge is 0.254 e. The Bertz CT molecular complexity index is 607. The minimum Gasteiger partial charge on any atom is -0.380 e. The van der Waals surface area contributed by atoms with Crippen molar-refractivity contribution in [3.8, 4) is 0 Å². The monoisotopic (exact) mass is 256 g/mol. The third-order valence-corrected chi connectivity index (χ3v) is 3.65. The lowest BCUT2D eigenvalue weighted by Gasteiger charge is -2.17. The maximum absolute atomic E-state index is 12.6. The van der Waals surface area contributed by atoms with Crippen LogP contribution in [0.15, 0.2) is 36.5 Å². The second-order valence-corrected chi connectivity index (χ2v) is 4.77. The number of amides is 1. The molecular weight excluding hydrogens is 240 g/mol. The molecule has 1 aliphatic heterocycles. The van der Waals surface area contributed by atoms with Gasteiger partial charge in [0.05, 0.1) is 17.2 Å². The van der Waals surface area contributed by atoms with Gasteiger partial charge in [0.25, 0.3) is 5.91 Å². The van der Waals surface area contributed by atoms with Crippen LogP contribution < -0.4 is 0 Å². The van der Waals surface area contributed by atoms with E-state index in [1.54, 1.807) is 19.4 Å². The Morgan fingerprint density at radius 3 is 3.00 bits per heavy atom. The number of carbonyl (C=O) groups is 1. The Kier molecular flexibility index (Phi) is 3.17. The molecule has 4 heteroatoms. The van der Waals surface area contributed by atoms with Crippen LogP contribution in [0, 0.1) is 0 Å². The van der Waals surface area contributed by atoms with Crippen molar-refractivity contribution in [1.29, 1.82) is 0 Å². The predicted octanol–water partition coefficient (Wildman–Crippen LogP) is 2.10. The summed E-state index contributed by atoms with van der Waals surface area (Å²) in [6.07, 6.45) is 2.77. The van der Waals surface area contributed by atoms with Gasteiger partial charge >= 0.3 is 0 Å². The first-order chi connectivity index (χ1) is 9.29. The van der Waals surface area contributed by atoms with Crippen molar-refractivity contribution < 1.29 is 9.53 Å². The zero-order valence-corrected chi connectivity index (χ0v) is 10.9. The van der Waals surface area contributed by atoms with Gasteiger partial charge < -0.3 is 9.64 Å². The summed E-state index contributed by atoms with van der Waals surface area (Å²) in [6, 6.07) is 9.53. The number of aromatic nitrogens is 1. The fourth-order valence-corrected chi connectivity index (χ4v) is 2.56. The summed E-state index contributed by atoms with van der Waals surface area (Å²) < 4.78 is 5.31. The molecule has 0 radical (unpaired) electrons. The van der Waals surface area contributed by atoms with E-state index in [2.05, 4.69) is 4.98 Å². The fourth-order valence-electron chi connectivity index (χ4n) is 2.56. The number of fused-ring (bicyclic) bond motifs is 1. The van der Waals surface area contributed by atoms with E-state index < -0.39 is 0 Å². The average molecular weight is 256 g/mol. The summed E-state index contributed by atoms with van der Waals surface area (Å²) in [5, 5.41) is 0.913. The number of hydrogen-bond acceptors (Lipinski definition) is 3. The summed E-state index contributed by atoms with van der Waals surface area (Å²) in [5.41, 5.74) is 1.58. The number of benzene rings is 1. The van der Waals surface area contributed by atoms with Crippen LogP contribution in [0.4, 0.5) is 0 Å². The van der Waals surface area contributed by atoms with Gasteiger partial charge in [-0.2, -0.15) is 0 Å². The molecule has 1 amide bonds. The molecule has 1 aliphatic rings. The number of para-hydroxylation sites is 1. The maximum Gasteiger partial charge on any atom is 0.254 e. The Morgan fingerprint density at radius 2 is 2.21 bits per heavy atom. The van der Waals surface area contributed by atoms with Gasteiger partial charge in [0.15, 0.2) is 0 Å². The highest BCUT2D eigenvalue weighted by Crippen LogP contribution is 2.21. The third-order valence-electron chi connectivity index (χ3n) is 3.65. The van der Waals surface area contributed by atoms with Gasteiger partial charge in [0.2, 0.25) is 0 Å². The van der Waals surface area contributed by atoms with Crippen LogP contribution in [0.3, 0.4) is 0 Å². The number of carbonyl (C=O) groups excluding carboxylic acids is 1. The van der Waals surface area contributed by atoms with E-state index in [0.717, 1.165) is 29.4 Å². The van der Waals surface area contributed by atoms with Crippen LogP contribution in [-0.2, 0) is 4.74 Å². The first kappa shape index (κ1) is 12.1. The lowest BCUT2D eigenvalue weighted by atomic mass is 10.1. The Morgan fingerprint density at radius 1 is 1.37 bits per heavy atom. The van der Waals surface area contributed by atoms with Crippen molar-refractivity contribution in [2.24, 2.45) is 0 Å². The molecule has 1 fully saturated rings. The number of hydrogen-bond donors (Lipinski definition) is 0. The molecule has 1 aromatic carbocycles. The van der Waals surface area contributed by atoms with Gasteiger partial charge in [-0.25, -0.2) is 0 Å². The van der Waals surface area contributed by atoms with Crippen LogP contribution in [0.5, 0.6) is 0 Å². The van der Waals surface area contributed by atoms with Crippen molar-refractivity contribution >= 4 is 16.8 Å². The molecule has 0 spiro atoms. The molecule has 0 unspecified atom stereocenters. The van der Waals surface area contributed by atoms with Crippen molar-refractivity contribution in [2.45, 2.75) is 12.5 Å². The quantitative estimate of drug-likeness (QED) is 0.826. The van der Waals surface area contributed by atoms with E-state index in [4.69, 9.17) is 4.74 Å². The normalized spacial score (nSPS) is 19.0. The van der Waals surface area contributed by atoms with Crippen molar-refractivity contribution in [3.63, 3.8) is 0 Å². The highest BCUT2D eigenvalue weighted by Gasteiger charge is 2.27. The van der Waals surface area contributed by atoms with E-state index >= 15 is 0 Å². The number of pyridine rings is 1. The molecule has 0 saturated carbocycles. The van der Waals surface area contributed by atoms with E-state index in [9.17, 15) is 4.79 Å². The molecule has 2 heterocycles. The molecule has 1 saturated heterocycles. The average Bonchev–Trinajstić information content (AvgIpc) is 2.95. The first-order valence-electron chi connectivity index (χ1n) is 6.45. The van der Waals surface area contributed by atoms with Gasteiger partial charge in [-0.05, 0) is 18.6 Å². The van der Waals surface area contributed by atoms with E-state index in [1.165, 1.54) is 0 Å². The van der Waals surface area contributed by atoms with Crippen LogP contribution in [-0.4, -0.2) is 42.1 Å². The Balaban J connectivity index is 1.94. The second kappa shape index (κ2) is 4.97. The number of nitrogens with zero attached hydrogens (tertiary/aromatic N) is 2. The molecule has 4 nitrogen and oxygen atoms in total. The zero-order chi connectivity index (χ0) is 13.2. The molecule has 0 bridgehead atoms. The number of rotatable bonds is 2. The molecule has 0 aliphatic carbocycles. The highest BCUT2D eigenvalue weighted by molar-refractivity contribution is 6.06. The standard InChI is InChI=1S/C15H16N2O2/c1-19-11-7-9-17(10-11)15(18)13-6-8-16-14-5-3-2-4-12(13)14/h2-6,8,11H,7,9-10H2,1H3/t11-/m0/s1. The molecule has 19 heavy (non-hydrogen) atoms. The van der Waals surface area contributed by atoms with Crippen LogP contribution in [0.2, 0.25) is 0 Å². The van der Waals surface area contributed by atoms with E-state index in [1.807, 2.05) is 29.2 Å². The molecular formula is C15H16N2O2. The van der Waals surface area contributed by atoms with Crippen molar-refractivity contribution in [2.75, 3.05) is 20.2 Å². The SMILES string of the molecule is CO[C@H]1CCN(C(=O)c2ccnc3ccccc23)C1. The summed E-state index contributed by atoms with van der Waals surface area (Å²) in [6.45, 7) is 1.43. The van der Waals surface area contributed by atoms with Crippen molar-refractivity contribution in [1.82, 2.24) is 9.88 Å². The molecule has 1 aromatic heterocycles. The molecule has 0 N–H and O–H groups in total. The summed E-state index contributed by atoms with van der Waals surface area (Å²) in [5.74, 6) is 0.0677. The van der Waals surface area contributed by atoms with Crippen LogP contribution >= 0.6 is 0 Å². The van der Waals surface area contributed by atoms with E-state index in [0.29, 0.717) is 6.54 Å². The van der Waals surface area contributed by atoms with Gasteiger partial charge in [0.1, 0.15) is 0 Å². The van der Waals surface area contributed by atoms with Crippen LogP contribution in [0.25, 0.3) is 10.9 Å². The number of likely N-dealkylation sites (tertiary alicyclic amines) is 1. The Hall–Kier alpha value is -1.94. The lowest BCUT2D eigenvalue weighted by molar-refractivity contribution is 0.0726.